The van der Waals surface area contributed by atoms with Crippen LogP contribution >= 0.6 is 11.6 Å². The Labute approximate surface area is 115 Å². The molecule has 0 saturated carbocycles. The SMILES string of the molecule is CCN(CC)c1ccc(CNCCOC)c(Cl)c1. The summed E-state index contributed by atoms with van der Waals surface area (Å²) in [7, 11) is 1.70. The van der Waals surface area contributed by atoms with Crippen LogP contribution in [0.2, 0.25) is 5.02 Å². The van der Waals surface area contributed by atoms with Gasteiger partial charge in [0.25, 0.3) is 0 Å². The molecule has 0 radical (unpaired) electrons. The minimum Gasteiger partial charge on any atom is -0.383 e. The maximum atomic E-state index is 6.30. The number of hydrogen-bond donors (Lipinski definition) is 1. The molecule has 0 bridgehead atoms. The molecule has 0 heterocycles. The van der Waals surface area contributed by atoms with Crippen molar-refractivity contribution in [2.75, 3.05) is 38.3 Å². The highest BCUT2D eigenvalue weighted by molar-refractivity contribution is 6.31. The number of benzene rings is 1. The third kappa shape index (κ3) is 4.48. The van der Waals surface area contributed by atoms with Crippen molar-refractivity contribution < 1.29 is 4.74 Å². The molecule has 18 heavy (non-hydrogen) atoms. The lowest BCUT2D eigenvalue weighted by atomic mass is 10.2. The number of anilines is 1. The average molecular weight is 271 g/mol. The minimum atomic E-state index is 0.717. The number of ether oxygens (including phenoxy) is 1. The molecule has 0 fully saturated rings. The van der Waals surface area contributed by atoms with Gasteiger partial charge in [-0.2, -0.15) is 0 Å². The fourth-order valence-corrected chi connectivity index (χ4v) is 2.10. The summed E-state index contributed by atoms with van der Waals surface area (Å²) in [5.41, 5.74) is 2.31. The quantitative estimate of drug-likeness (QED) is 0.735. The Kier molecular flexibility index (Phi) is 7.09. The fourth-order valence-electron chi connectivity index (χ4n) is 1.86. The Balaban J connectivity index is 2.61. The first-order chi connectivity index (χ1) is 8.72. The number of hydrogen-bond acceptors (Lipinski definition) is 3. The second kappa shape index (κ2) is 8.35. The van der Waals surface area contributed by atoms with E-state index in [1.165, 1.54) is 5.69 Å². The van der Waals surface area contributed by atoms with Crippen LogP contribution in [0.3, 0.4) is 0 Å². The summed E-state index contributed by atoms with van der Waals surface area (Å²) in [5, 5.41) is 4.12. The predicted molar refractivity (Wildman–Crippen MR) is 78.6 cm³/mol. The van der Waals surface area contributed by atoms with Gasteiger partial charge in [-0.05, 0) is 31.5 Å². The lowest BCUT2D eigenvalue weighted by Crippen LogP contribution is -2.22. The van der Waals surface area contributed by atoms with E-state index in [0.29, 0.717) is 0 Å². The molecule has 0 aliphatic heterocycles. The summed E-state index contributed by atoms with van der Waals surface area (Å²) in [6, 6.07) is 6.27. The number of nitrogens with one attached hydrogen (secondary N) is 1. The predicted octanol–water partition coefficient (Wildman–Crippen LogP) is 2.92. The van der Waals surface area contributed by atoms with Gasteiger partial charge in [-0.15, -0.1) is 0 Å². The topological polar surface area (TPSA) is 24.5 Å². The summed E-state index contributed by atoms with van der Waals surface area (Å²) < 4.78 is 4.99. The highest BCUT2D eigenvalue weighted by atomic mass is 35.5. The zero-order valence-electron chi connectivity index (χ0n) is 11.5. The summed E-state index contributed by atoms with van der Waals surface area (Å²) in [4.78, 5) is 2.29. The molecule has 1 aromatic carbocycles. The summed E-state index contributed by atoms with van der Waals surface area (Å²) in [5.74, 6) is 0. The lowest BCUT2D eigenvalue weighted by molar-refractivity contribution is 0.199. The minimum absolute atomic E-state index is 0.717. The zero-order valence-corrected chi connectivity index (χ0v) is 12.3. The molecule has 0 spiro atoms. The standard InChI is InChI=1S/C14H23ClN2O/c1-4-17(5-2)13-7-6-12(14(15)10-13)11-16-8-9-18-3/h6-7,10,16H,4-5,8-9,11H2,1-3H3. The van der Waals surface area contributed by atoms with E-state index in [0.717, 1.165) is 43.4 Å². The molecule has 102 valence electrons. The summed E-state index contributed by atoms with van der Waals surface area (Å²) >= 11 is 6.30. The normalized spacial score (nSPS) is 10.7. The fraction of sp³-hybridized carbons (Fsp3) is 0.571. The van der Waals surface area contributed by atoms with Crippen LogP contribution in [0.1, 0.15) is 19.4 Å². The highest BCUT2D eigenvalue weighted by Crippen LogP contribution is 2.23. The summed E-state index contributed by atoms with van der Waals surface area (Å²) in [6.45, 7) is 8.63. The second-order valence-corrected chi connectivity index (χ2v) is 4.52. The van der Waals surface area contributed by atoms with Gasteiger partial charge in [0.2, 0.25) is 0 Å². The van der Waals surface area contributed by atoms with Gasteiger partial charge in [0.05, 0.1) is 6.61 Å². The molecule has 3 nitrogen and oxygen atoms in total. The molecule has 4 heteroatoms. The highest BCUT2D eigenvalue weighted by Gasteiger charge is 2.05. The zero-order chi connectivity index (χ0) is 13.4. The van der Waals surface area contributed by atoms with Crippen LogP contribution in [0.25, 0.3) is 0 Å². The first-order valence-electron chi connectivity index (χ1n) is 6.45. The number of nitrogens with zero attached hydrogens (tertiary/aromatic N) is 1. The molecule has 0 unspecified atom stereocenters. The van der Waals surface area contributed by atoms with E-state index in [2.05, 4.69) is 36.2 Å². The van der Waals surface area contributed by atoms with Crippen molar-refractivity contribution in [1.29, 1.82) is 0 Å². The molecule has 0 amide bonds. The average Bonchev–Trinajstić information content (AvgIpc) is 2.38. The third-order valence-corrected chi connectivity index (χ3v) is 3.32. The van der Waals surface area contributed by atoms with Crippen molar-refractivity contribution in [3.8, 4) is 0 Å². The van der Waals surface area contributed by atoms with E-state index >= 15 is 0 Å². The molecule has 1 aromatic rings. The van der Waals surface area contributed by atoms with Crippen molar-refractivity contribution in [3.05, 3.63) is 28.8 Å². The van der Waals surface area contributed by atoms with Crippen molar-refractivity contribution in [2.24, 2.45) is 0 Å². The van der Waals surface area contributed by atoms with Crippen LogP contribution in [0.15, 0.2) is 18.2 Å². The van der Waals surface area contributed by atoms with Gasteiger partial charge in [-0.3, -0.25) is 0 Å². The first kappa shape index (κ1) is 15.3. The Morgan fingerprint density at radius 2 is 2.00 bits per heavy atom. The van der Waals surface area contributed by atoms with Gasteiger partial charge >= 0.3 is 0 Å². The molecular weight excluding hydrogens is 248 g/mol. The molecule has 0 aliphatic carbocycles. The largest absolute Gasteiger partial charge is 0.383 e. The van der Waals surface area contributed by atoms with Gasteiger partial charge in [-0.1, -0.05) is 17.7 Å². The molecule has 0 saturated heterocycles. The Bertz CT molecular complexity index is 354. The third-order valence-electron chi connectivity index (χ3n) is 2.96. The van der Waals surface area contributed by atoms with Crippen LogP contribution < -0.4 is 10.2 Å². The Hall–Kier alpha value is -0.770. The molecule has 1 N–H and O–H groups in total. The number of halogens is 1. The molecular formula is C14H23ClN2O. The monoisotopic (exact) mass is 270 g/mol. The Morgan fingerprint density at radius 3 is 2.56 bits per heavy atom. The molecule has 1 rings (SSSR count). The van der Waals surface area contributed by atoms with Gasteiger partial charge in [0, 0.05) is 44.0 Å². The Morgan fingerprint density at radius 1 is 1.28 bits per heavy atom. The van der Waals surface area contributed by atoms with E-state index in [4.69, 9.17) is 16.3 Å². The molecule has 0 atom stereocenters. The van der Waals surface area contributed by atoms with Crippen LogP contribution in [0, 0.1) is 0 Å². The van der Waals surface area contributed by atoms with E-state index in [1.54, 1.807) is 7.11 Å². The maximum absolute atomic E-state index is 6.30. The van der Waals surface area contributed by atoms with Crippen molar-refractivity contribution >= 4 is 17.3 Å². The van der Waals surface area contributed by atoms with Gasteiger partial charge in [0.15, 0.2) is 0 Å². The lowest BCUT2D eigenvalue weighted by Gasteiger charge is -2.21. The van der Waals surface area contributed by atoms with Crippen molar-refractivity contribution in [2.45, 2.75) is 20.4 Å². The van der Waals surface area contributed by atoms with Gasteiger partial charge in [0.1, 0.15) is 0 Å². The van der Waals surface area contributed by atoms with Crippen molar-refractivity contribution in [3.63, 3.8) is 0 Å². The number of methoxy groups -OCH3 is 1. The van der Waals surface area contributed by atoms with Crippen LogP contribution in [0.4, 0.5) is 5.69 Å². The van der Waals surface area contributed by atoms with Crippen LogP contribution in [-0.4, -0.2) is 33.4 Å². The maximum Gasteiger partial charge on any atom is 0.0587 e. The van der Waals surface area contributed by atoms with Crippen LogP contribution in [-0.2, 0) is 11.3 Å². The van der Waals surface area contributed by atoms with E-state index < -0.39 is 0 Å². The van der Waals surface area contributed by atoms with E-state index in [-0.39, 0.29) is 0 Å². The van der Waals surface area contributed by atoms with E-state index in [1.807, 2.05) is 6.07 Å². The van der Waals surface area contributed by atoms with Gasteiger partial charge < -0.3 is 15.0 Å². The molecule has 0 aliphatic rings. The van der Waals surface area contributed by atoms with Crippen molar-refractivity contribution in [1.82, 2.24) is 5.32 Å². The van der Waals surface area contributed by atoms with E-state index in [9.17, 15) is 0 Å². The smallest absolute Gasteiger partial charge is 0.0587 e. The first-order valence-corrected chi connectivity index (χ1v) is 6.83. The van der Waals surface area contributed by atoms with Gasteiger partial charge in [-0.25, -0.2) is 0 Å². The second-order valence-electron chi connectivity index (χ2n) is 4.12. The number of rotatable bonds is 8. The van der Waals surface area contributed by atoms with Crippen LogP contribution in [0.5, 0.6) is 0 Å². The molecule has 0 aromatic heterocycles. The summed E-state index contributed by atoms with van der Waals surface area (Å²) in [6.07, 6.45) is 0.